The Morgan fingerprint density at radius 2 is 1.94 bits per heavy atom. The third-order valence-corrected chi connectivity index (χ3v) is 2.55. The molecular formula is C11H13NO2S2. The molecule has 5 heteroatoms. The van der Waals surface area contributed by atoms with Crippen LogP contribution in [0, 0.1) is 0 Å². The van der Waals surface area contributed by atoms with Crippen molar-refractivity contribution in [3.05, 3.63) is 29.8 Å². The molecule has 0 fully saturated rings. The minimum absolute atomic E-state index is 0.449. The first-order valence-electron chi connectivity index (χ1n) is 4.84. The molecule has 3 nitrogen and oxygen atoms in total. The van der Waals surface area contributed by atoms with E-state index in [4.69, 9.17) is 0 Å². The number of hydrogen-bond donors (Lipinski definition) is 3. The number of thiol groups is 1. The summed E-state index contributed by atoms with van der Waals surface area (Å²) < 4.78 is 0. The molecule has 2 N–H and O–H groups in total. The molecule has 0 spiro atoms. The minimum atomic E-state index is -0.891. The van der Waals surface area contributed by atoms with Gasteiger partial charge in [-0.3, -0.25) is 0 Å². The van der Waals surface area contributed by atoms with Crippen molar-refractivity contribution in [1.29, 1.82) is 0 Å². The summed E-state index contributed by atoms with van der Waals surface area (Å²) >= 11 is 8.49. The smallest absolute Gasteiger partial charge is 0.105 e. The fourth-order valence-corrected chi connectivity index (χ4v) is 1.68. The standard InChI is InChI=1S/C11H13NO2S2/c13-10(5-6-15)11(14)8-1-3-9(4-2-8)12-7-16/h1-4,10-11,13-15H,5-6H2. The van der Waals surface area contributed by atoms with Gasteiger partial charge in [-0.1, -0.05) is 12.1 Å². The Balaban J connectivity index is 2.76. The summed E-state index contributed by atoms with van der Waals surface area (Å²) in [5.74, 6) is 0.533. The number of thiocarbonyl (C=S) groups is 1. The predicted octanol–water partition coefficient (Wildman–Crippen LogP) is 2.14. The van der Waals surface area contributed by atoms with Gasteiger partial charge in [-0.2, -0.15) is 17.6 Å². The Bertz CT molecular complexity index is 374. The fourth-order valence-electron chi connectivity index (χ4n) is 1.31. The second-order valence-electron chi connectivity index (χ2n) is 3.32. The Morgan fingerprint density at radius 3 is 2.44 bits per heavy atom. The maximum Gasteiger partial charge on any atom is 0.105 e. The molecule has 0 aromatic heterocycles. The van der Waals surface area contributed by atoms with Gasteiger partial charge in [0.15, 0.2) is 0 Å². The zero-order valence-electron chi connectivity index (χ0n) is 8.58. The van der Waals surface area contributed by atoms with Crippen molar-refractivity contribution < 1.29 is 10.2 Å². The molecular weight excluding hydrogens is 242 g/mol. The number of hydrogen-bond acceptors (Lipinski definition) is 5. The molecule has 0 aliphatic rings. The van der Waals surface area contributed by atoms with Crippen LogP contribution in [0.4, 0.5) is 5.69 Å². The Morgan fingerprint density at radius 1 is 1.31 bits per heavy atom. The summed E-state index contributed by atoms with van der Waals surface area (Å²) in [6.07, 6.45) is -1.24. The largest absolute Gasteiger partial charge is 0.390 e. The van der Waals surface area contributed by atoms with E-state index in [1.807, 2.05) is 0 Å². The highest BCUT2D eigenvalue weighted by molar-refractivity contribution is 7.80. The van der Waals surface area contributed by atoms with Crippen LogP contribution in [0.1, 0.15) is 18.1 Å². The third kappa shape index (κ3) is 3.70. The van der Waals surface area contributed by atoms with Crippen molar-refractivity contribution >= 4 is 35.7 Å². The molecule has 0 aliphatic heterocycles. The van der Waals surface area contributed by atoms with Crippen LogP contribution >= 0.6 is 24.8 Å². The maximum atomic E-state index is 9.79. The van der Waals surface area contributed by atoms with E-state index >= 15 is 0 Å². The summed E-state index contributed by atoms with van der Waals surface area (Å²) in [5.41, 5.74) is 1.33. The molecule has 86 valence electrons. The summed E-state index contributed by atoms with van der Waals surface area (Å²) in [6, 6.07) is 6.84. The lowest BCUT2D eigenvalue weighted by molar-refractivity contribution is 0.0172. The van der Waals surface area contributed by atoms with E-state index in [2.05, 4.69) is 35.0 Å². The van der Waals surface area contributed by atoms with Gasteiger partial charge in [0.2, 0.25) is 0 Å². The minimum Gasteiger partial charge on any atom is -0.390 e. The quantitative estimate of drug-likeness (QED) is 0.429. The molecule has 2 atom stereocenters. The third-order valence-electron chi connectivity index (χ3n) is 2.20. The van der Waals surface area contributed by atoms with Gasteiger partial charge in [0.1, 0.15) is 6.10 Å². The molecule has 0 aliphatic carbocycles. The van der Waals surface area contributed by atoms with Crippen molar-refractivity contribution in [2.75, 3.05) is 5.75 Å². The number of aliphatic hydroxyl groups is 2. The second kappa shape index (κ2) is 6.78. The van der Waals surface area contributed by atoms with Gasteiger partial charge in [-0.15, -0.1) is 0 Å². The van der Waals surface area contributed by atoms with Crippen molar-refractivity contribution in [2.45, 2.75) is 18.6 Å². The van der Waals surface area contributed by atoms with E-state index < -0.39 is 12.2 Å². The van der Waals surface area contributed by atoms with Crippen molar-refractivity contribution in [3.8, 4) is 0 Å². The van der Waals surface area contributed by atoms with E-state index in [0.29, 0.717) is 23.4 Å². The number of aliphatic imine (C=N–C) groups is 1. The highest BCUT2D eigenvalue weighted by atomic mass is 32.1. The van der Waals surface area contributed by atoms with Crippen LogP contribution in [-0.2, 0) is 0 Å². The Hall–Kier alpha value is -0.710. The van der Waals surface area contributed by atoms with Crippen molar-refractivity contribution in [2.24, 2.45) is 4.99 Å². The summed E-state index contributed by atoms with van der Waals surface area (Å²) in [4.78, 5) is 3.80. The maximum absolute atomic E-state index is 9.79. The fraction of sp³-hybridized carbons (Fsp3) is 0.364. The van der Waals surface area contributed by atoms with Crippen LogP contribution in [0.15, 0.2) is 29.3 Å². The van der Waals surface area contributed by atoms with Gasteiger partial charge >= 0.3 is 0 Å². The van der Waals surface area contributed by atoms with Gasteiger partial charge in [-0.25, -0.2) is 0 Å². The molecule has 0 saturated heterocycles. The van der Waals surface area contributed by atoms with Crippen LogP contribution in [-0.4, -0.2) is 27.2 Å². The number of nitrogens with zero attached hydrogens (tertiary/aromatic N) is 1. The van der Waals surface area contributed by atoms with Crippen molar-refractivity contribution in [3.63, 3.8) is 0 Å². The SMILES string of the molecule is OC(CCS)C(O)c1ccc(N=C=S)cc1. The molecule has 0 saturated carbocycles. The normalized spacial score (nSPS) is 13.9. The molecule has 1 rings (SSSR count). The first kappa shape index (κ1) is 13.4. The molecule has 2 unspecified atom stereocenters. The molecule has 0 bridgehead atoms. The van der Waals surface area contributed by atoms with Crippen LogP contribution < -0.4 is 0 Å². The van der Waals surface area contributed by atoms with Crippen LogP contribution in [0.5, 0.6) is 0 Å². The van der Waals surface area contributed by atoms with Gasteiger partial charge in [0.05, 0.1) is 17.0 Å². The monoisotopic (exact) mass is 255 g/mol. The molecule has 0 radical (unpaired) electrons. The van der Waals surface area contributed by atoms with Gasteiger partial charge < -0.3 is 10.2 Å². The highest BCUT2D eigenvalue weighted by Crippen LogP contribution is 2.21. The summed E-state index contributed by atoms with van der Waals surface area (Å²) in [5, 5.41) is 21.6. The van der Waals surface area contributed by atoms with E-state index in [1.54, 1.807) is 24.3 Å². The van der Waals surface area contributed by atoms with E-state index in [-0.39, 0.29) is 0 Å². The van der Waals surface area contributed by atoms with E-state index in [0.717, 1.165) is 0 Å². The first-order chi connectivity index (χ1) is 7.69. The number of rotatable bonds is 5. The average Bonchev–Trinajstić information content (AvgIpc) is 2.30. The van der Waals surface area contributed by atoms with Crippen molar-refractivity contribution in [1.82, 2.24) is 0 Å². The van der Waals surface area contributed by atoms with Crippen LogP contribution in [0.2, 0.25) is 0 Å². The molecule has 16 heavy (non-hydrogen) atoms. The molecule has 1 aromatic rings. The predicted molar refractivity (Wildman–Crippen MR) is 70.6 cm³/mol. The van der Waals surface area contributed by atoms with Crippen LogP contribution in [0.3, 0.4) is 0 Å². The molecule has 1 aromatic carbocycles. The van der Waals surface area contributed by atoms with E-state index in [1.165, 1.54) is 0 Å². The summed E-state index contributed by atoms with van der Waals surface area (Å²) in [7, 11) is 0. The first-order valence-corrected chi connectivity index (χ1v) is 5.88. The lowest BCUT2D eigenvalue weighted by atomic mass is 10.0. The Labute approximate surface area is 105 Å². The Kier molecular flexibility index (Phi) is 5.66. The highest BCUT2D eigenvalue weighted by Gasteiger charge is 2.17. The number of benzene rings is 1. The van der Waals surface area contributed by atoms with Gasteiger partial charge in [0, 0.05) is 0 Å². The second-order valence-corrected chi connectivity index (χ2v) is 3.95. The van der Waals surface area contributed by atoms with E-state index in [9.17, 15) is 10.2 Å². The number of aliphatic hydroxyl groups excluding tert-OH is 2. The zero-order valence-corrected chi connectivity index (χ0v) is 10.3. The molecule has 0 heterocycles. The zero-order chi connectivity index (χ0) is 12.0. The van der Waals surface area contributed by atoms with Gasteiger partial charge in [0.25, 0.3) is 0 Å². The topological polar surface area (TPSA) is 52.8 Å². The van der Waals surface area contributed by atoms with Crippen LogP contribution in [0.25, 0.3) is 0 Å². The lowest BCUT2D eigenvalue weighted by Crippen LogP contribution is -2.18. The number of isothiocyanates is 1. The average molecular weight is 255 g/mol. The molecule has 0 amide bonds. The lowest BCUT2D eigenvalue weighted by Gasteiger charge is -2.17. The van der Waals surface area contributed by atoms with Gasteiger partial charge in [-0.05, 0) is 42.1 Å². The summed E-state index contributed by atoms with van der Waals surface area (Å²) in [6.45, 7) is 0.